The van der Waals surface area contributed by atoms with E-state index in [0.717, 1.165) is 10.5 Å². The Hall–Kier alpha value is -3.16. The first-order valence-electron chi connectivity index (χ1n) is 7.77. The first-order valence-corrected chi connectivity index (χ1v) is 7.77. The summed E-state index contributed by atoms with van der Waals surface area (Å²) in [7, 11) is 2.98. The lowest BCUT2D eigenvalue weighted by molar-refractivity contribution is -0.130. The van der Waals surface area contributed by atoms with Crippen LogP contribution in [0.1, 0.15) is 5.56 Å². The van der Waals surface area contributed by atoms with Crippen LogP contribution in [0.5, 0.6) is 0 Å². The van der Waals surface area contributed by atoms with Gasteiger partial charge in [0.15, 0.2) is 0 Å². The number of hydrogen-bond donors (Lipinski definition) is 2. The predicted molar refractivity (Wildman–Crippen MR) is 92.8 cm³/mol. The zero-order valence-corrected chi connectivity index (χ0v) is 14.0. The Morgan fingerprint density at radius 3 is 2.64 bits per heavy atom. The van der Waals surface area contributed by atoms with Gasteiger partial charge in [-0.1, -0.05) is 30.3 Å². The minimum Gasteiger partial charge on any atom is -0.393 e. The number of likely N-dealkylation sites (N-methyl/N-ethyl adjacent to an activating group) is 2. The molecule has 2 aliphatic heterocycles. The number of aliphatic hydroxyl groups is 1. The van der Waals surface area contributed by atoms with E-state index in [1.807, 2.05) is 30.3 Å². The number of imide groups is 1. The van der Waals surface area contributed by atoms with Crippen molar-refractivity contribution in [2.45, 2.75) is 6.04 Å². The normalized spacial score (nSPS) is 20.1. The molecule has 2 heterocycles. The van der Waals surface area contributed by atoms with Crippen LogP contribution in [0.4, 0.5) is 4.79 Å². The third kappa shape index (κ3) is 2.98. The maximum absolute atomic E-state index is 12.5. The fourth-order valence-corrected chi connectivity index (χ4v) is 2.73. The molecule has 130 valence electrons. The highest BCUT2D eigenvalue weighted by molar-refractivity contribution is 6.23. The van der Waals surface area contributed by atoms with Crippen LogP contribution in [0.3, 0.4) is 0 Å². The molecule has 0 bridgehead atoms. The molecule has 3 amide bonds. The summed E-state index contributed by atoms with van der Waals surface area (Å²) in [6, 6.07) is 8.29. The Labute approximate surface area is 144 Å². The summed E-state index contributed by atoms with van der Waals surface area (Å²) in [5.41, 5.74) is 3.70. The molecule has 1 unspecified atom stereocenters. The molecule has 3 rings (SSSR count). The second-order valence-electron chi connectivity index (χ2n) is 5.63. The van der Waals surface area contributed by atoms with Crippen molar-refractivity contribution in [1.29, 1.82) is 0 Å². The highest BCUT2D eigenvalue weighted by atomic mass is 16.3. The fraction of sp³-hybridized carbons (Fsp3) is 0.312. The number of urea groups is 1. The number of nitrogens with one attached hydrogen (secondary N) is 1. The SMILES string of the molecule is CN1C(=O)C2C(=[N+]=C(N/N=C/c3ccccc3)N2CCO)N(C)C1=O. The molecule has 1 atom stereocenters. The van der Waals surface area contributed by atoms with Crippen molar-refractivity contribution in [3.63, 3.8) is 0 Å². The van der Waals surface area contributed by atoms with E-state index >= 15 is 0 Å². The highest BCUT2D eigenvalue weighted by Gasteiger charge is 2.54. The van der Waals surface area contributed by atoms with E-state index in [-0.39, 0.29) is 19.1 Å². The molecule has 0 saturated carbocycles. The topological polar surface area (TPSA) is 103 Å². The summed E-state index contributed by atoms with van der Waals surface area (Å²) in [6.45, 7) is 0.0179. The van der Waals surface area contributed by atoms with E-state index in [0.29, 0.717) is 11.8 Å². The zero-order chi connectivity index (χ0) is 18.0. The fourth-order valence-electron chi connectivity index (χ4n) is 2.73. The van der Waals surface area contributed by atoms with E-state index in [2.05, 4.69) is 15.2 Å². The van der Waals surface area contributed by atoms with Gasteiger partial charge in [-0.2, -0.15) is 5.43 Å². The van der Waals surface area contributed by atoms with Gasteiger partial charge in [-0.15, -0.1) is 5.10 Å². The van der Waals surface area contributed by atoms with Crippen molar-refractivity contribution in [1.82, 2.24) is 24.8 Å². The van der Waals surface area contributed by atoms with Crippen LogP contribution in [0, 0.1) is 0 Å². The number of β-amino-alcohol motifs (C(OH)–C–C–N with tert-alkyl or cyclic N) is 1. The second-order valence-corrected chi connectivity index (χ2v) is 5.63. The van der Waals surface area contributed by atoms with Gasteiger partial charge in [0.25, 0.3) is 5.91 Å². The Balaban J connectivity index is 1.86. The van der Waals surface area contributed by atoms with Gasteiger partial charge < -0.3 is 5.11 Å². The number of nitrogens with zero attached hydrogens (tertiary/aromatic N) is 5. The summed E-state index contributed by atoms with van der Waals surface area (Å²) >= 11 is 0. The number of carbonyl (C=O) groups excluding carboxylic acids is 2. The van der Waals surface area contributed by atoms with Gasteiger partial charge in [0, 0.05) is 7.05 Å². The number of aliphatic hydroxyl groups excluding tert-OH is 1. The van der Waals surface area contributed by atoms with Crippen LogP contribution in [0.25, 0.3) is 0 Å². The summed E-state index contributed by atoms with van der Waals surface area (Å²) in [4.78, 5) is 28.5. The second kappa shape index (κ2) is 6.76. The number of amides is 3. The number of fused-ring (bicyclic) bond motifs is 1. The van der Waals surface area contributed by atoms with Gasteiger partial charge >= 0.3 is 17.8 Å². The number of rotatable bonds is 4. The van der Waals surface area contributed by atoms with E-state index in [1.165, 1.54) is 11.9 Å². The first kappa shape index (κ1) is 16.7. The van der Waals surface area contributed by atoms with E-state index in [4.69, 9.17) is 0 Å². The standard InChI is InChI=1S/C16H18N6O3/c1-20-13-12(14(24)21(2)16(20)25)22(8-9-23)15(18-13)19-17-10-11-6-4-3-5-7-11/h3-7,10,12,23H,8-9H2,1-2H3/p+1/b17-10+. The molecule has 1 saturated heterocycles. The molecule has 9 nitrogen and oxygen atoms in total. The van der Waals surface area contributed by atoms with Crippen LogP contribution < -0.4 is 10.1 Å². The monoisotopic (exact) mass is 343 g/mol. The van der Waals surface area contributed by atoms with Crippen LogP contribution in [-0.4, -0.2) is 83.0 Å². The summed E-state index contributed by atoms with van der Waals surface area (Å²) < 4.78 is 4.34. The van der Waals surface area contributed by atoms with E-state index in [1.54, 1.807) is 18.2 Å². The summed E-state index contributed by atoms with van der Waals surface area (Å²) in [5, 5.41) is 13.5. The molecule has 1 aromatic carbocycles. The molecule has 0 radical (unpaired) electrons. The van der Waals surface area contributed by atoms with Crippen molar-refractivity contribution in [3.05, 3.63) is 35.9 Å². The van der Waals surface area contributed by atoms with Gasteiger partial charge in [0.2, 0.25) is 6.04 Å². The van der Waals surface area contributed by atoms with E-state index < -0.39 is 12.1 Å². The number of carbonyl (C=O) groups is 2. The Kier molecular flexibility index (Phi) is 4.51. The van der Waals surface area contributed by atoms with Crippen molar-refractivity contribution in [2.24, 2.45) is 5.10 Å². The number of hydrazone groups is 1. The molecule has 9 heteroatoms. The molecule has 0 aromatic heterocycles. The molecular weight excluding hydrogens is 324 g/mol. The lowest BCUT2D eigenvalue weighted by Crippen LogP contribution is -2.64. The third-order valence-electron chi connectivity index (χ3n) is 4.05. The maximum Gasteiger partial charge on any atom is 0.421 e. The van der Waals surface area contributed by atoms with Crippen molar-refractivity contribution in [3.8, 4) is 0 Å². The summed E-state index contributed by atoms with van der Waals surface area (Å²) in [5.74, 6) is 0.239. The Morgan fingerprint density at radius 1 is 1.24 bits per heavy atom. The minimum atomic E-state index is -0.755. The molecule has 0 spiro atoms. The first-order chi connectivity index (χ1) is 12.0. The van der Waals surface area contributed by atoms with Crippen LogP contribution in [0.15, 0.2) is 35.4 Å². The lowest BCUT2D eigenvalue weighted by atomic mass is 10.1. The van der Waals surface area contributed by atoms with Gasteiger partial charge in [0.05, 0.1) is 26.4 Å². The number of hydrogen-bond acceptors (Lipinski definition) is 6. The Morgan fingerprint density at radius 2 is 1.96 bits per heavy atom. The van der Waals surface area contributed by atoms with Crippen LogP contribution >= 0.6 is 0 Å². The summed E-state index contributed by atoms with van der Waals surface area (Å²) in [6.07, 6.45) is 1.62. The van der Waals surface area contributed by atoms with Crippen molar-refractivity contribution < 1.29 is 14.7 Å². The number of guanidine groups is 1. The number of benzene rings is 1. The van der Waals surface area contributed by atoms with Crippen molar-refractivity contribution >= 4 is 29.9 Å². The zero-order valence-electron chi connectivity index (χ0n) is 14.0. The van der Waals surface area contributed by atoms with Crippen LogP contribution in [0.2, 0.25) is 0 Å². The maximum atomic E-state index is 12.5. The molecular formula is C16H19N6O3+. The molecule has 25 heavy (non-hydrogen) atoms. The quantitative estimate of drug-likeness (QED) is 0.399. The van der Waals surface area contributed by atoms with Crippen molar-refractivity contribution in [2.75, 3.05) is 27.2 Å². The Bertz CT molecular complexity index is 784. The largest absolute Gasteiger partial charge is 0.421 e. The van der Waals surface area contributed by atoms with Gasteiger partial charge in [-0.3, -0.25) is 9.69 Å². The smallest absolute Gasteiger partial charge is 0.393 e. The number of amidine groups is 1. The minimum absolute atomic E-state index is 0.165. The molecule has 2 aliphatic rings. The van der Waals surface area contributed by atoms with Gasteiger partial charge in [-0.25, -0.2) is 19.3 Å². The lowest BCUT2D eigenvalue weighted by Gasteiger charge is -2.31. The average molecular weight is 343 g/mol. The molecule has 2 N–H and O–H groups in total. The molecule has 0 aliphatic carbocycles. The average Bonchev–Trinajstić information content (AvgIpc) is 2.98. The predicted octanol–water partition coefficient (Wildman–Crippen LogP) is -1.37. The van der Waals surface area contributed by atoms with E-state index in [9.17, 15) is 14.7 Å². The van der Waals surface area contributed by atoms with Gasteiger partial charge in [0.1, 0.15) is 0 Å². The molecule has 1 aromatic rings. The molecule has 1 fully saturated rings. The van der Waals surface area contributed by atoms with Crippen LogP contribution in [-0.2, 0) is 4.79 Å². The third-order valence-corrected chi connectivity index (χ3v) is 4.05. The van der Waals surface area contributed by atoms with Gasteiger partial charge in [-0.05, 0) is 5.56 Å². The highest BCUT2D eigenvalue weighted by Crippen LogP contribution is 2.17.